The number of carbonyl (C=O) groups excluding carboxylic acids is 1. The molecular formula is C25H28N2O5S. The molecule has 174 valence electrons. The lowest BCUT2D eigenvalue weighted by Gasteiger charge is -2.13. The van der Waals surface area contributed by atoms with Gasteiger partial charge in [-0.05, 0) is 41.8 Å². The Morgan fingerprint density at radius 1 is 0.788 bits per heavy atom. The molecule has 33 heavy (non-hydrogen) atoms. The topological polar surface area (TPSA) is 93.7 Å². The molecule has 3 rings (SSSR count). The number of hydrogen-bond acceptors (Lipinski definition) is 5. The van der Waals surface area contributed by atoms with Crippen molar-refractivity contribution in [3.63, 3.8) is 0 Å². The smallest absolute Gasteiger partial charge is 0.240 e. The third-order valence-electron chi connectivity index (χ3n) is 5.18. The van der Waals surface area contributed by atoms with E-state index in [1.807, 2.05) is 48.5 Å². The standard InChI is InChI=1S/C25H28N2O5S/c1-31-23-9-6-10-24(32-2)22(23)18-26-25(28)16-13-19-11-14-21(15-12-19)33(29,30)27-17-20-7-4-3-5-8-20/h3-12,14-15,27H,13,16-18H2,1-2H3,(H,26,28). The normalized spacial score (nSPS) is 11.1. The van der Waals surface area contributed by atoms with E-state index in [4.69, 9.17) is 9.47 Å². The maximum absolute atomic E-state index is 12.5. The molecule has 0 atom stereocenters. The maximum Gasteiger partial charge on any atom is 0.240 e. The van der Waals surface area contributed by atoms with Crippen molar-refractivity contribution >= 4 is 15.9 Å². The van der Waals surface area contributed by atoms with Gasteiger partial charge in [-0.1, -0.05) is 48.5 Å². The van der Waals surface area contributed by atoms with Crippen LogP contribution < -0.4 is 19.5 Å². The van der Waals surface area contributed by atoms with Crippen LogP contribution in [0.15, 0.2) is 77.7 Å². The van der Waals surface area contributed by atoms with Gasteiger partial charge in [0, 0.05) is 13.0 Å². The van der Waals surface area contributed by atoms with Gasteiger partial charge in [0.2, 0.25) is 15.9 Å². The average Bonchev–Trinajstić information content (AvgIpc) is 2.85. The SMILES string of the molecule is COc1cccc(OC)c1CNC(=O)CCc1ccc(S(=O)(=O)NCc2ccccc2)cc1. The zero-order chi connectivity index (χ0) is 23.7. The quantitative estimate of drug-likeness (QED) is 0.450. The van der Waals surface area contributed by atoms with E-state index in [2.05, 4.69) is 10.0 Å². The Bertz CT molecular complexity index is 1140. The maximum atomic E-state index is 12.5. The predicted octanol–water partition coefficient (Wildman–Crippen LogP) is 3.43. The van der Waals surface area contributed by atoms with Crippen LogP contribution in [0.3, 0.4) is 0 Å². The van der Waals surface area contributed by atoms with Gasteiger partial charge in [0.1, 0.15) is 11.5 Å². The molecule has 0 aliphatic rings. The third-order valence-corrected chi connectivity index (χ3v) is 6.59. The Kier molecular flexibility index (Phi) is 8.46. The molecule has 0 heterocycles. The Hall–Kier alpha value is -3.36. The number of aryl methyl sites for hydroxylation is 1. The van der Waals surface area contributed by atoms with E-state index in [1.54, 1.807) is 38.5 Å². The fourth-order valence-electron chi connectivity index (χ4n) is 3.33. The fraction of sp³-hybridized carbons (Fsp3) is 0.240. The Morgan fingerprint density at radius 3 is 2.03 bits per heavy atom. The van der Waals surface area contributed by atoms with Crippen molar-refractivity contribution < 1.29 is 22.7 Å². The summed E-state index contributed by atoms with van der Waals surface area (Å²) in [5.74, 6) is 1.17. The largest absolute Gasteiger partial charge is 0.496 e. The second kappa shape index (κ2) is 11.5. The second-order valence-electron chi connectivity index (χ2n) is 7.37. The van der Waals surface area contributed by atoms with Crippen molar-refractivity contribution in [1.29, 1.82) is 0 Å². The highest BCUT2D eigenvalue weighted by molar-refractivity contribution is 7.89. The van der Waals surface area contributed by atoms with Gasteiger partial charge in [-0.25, -0.2) is 13.1 Å². The van der Waals surface area contributed by atoms with Crippen LogP contribution in [0.4, 0.5) is 0 Å². The molecule has 0 radical (unpaired) electrons. The van der Waals surface area contributed by atoms with Crippen LogP contribution in [0.5, 0.6) is 11.5 Å². The van der Waals surface area contributed by atoms with E-state index in [9.17, 15) is 13.2 Å². The molecular weight excluding hydrogens is 440 g/mol. The molecule has 7 nitrogen and oxygen atoms in total. The highest BCUT2D eigenvalue weighted by atomic mass is 32.2. The zero-order valence-corrected chi connectivity index (χ0v) is 19.5. The van der Waals surface area contributed by atoms with Gasteiger partial charge in [0.15, 0.2) is 0 Å². The molecule has 3 aromatic carbocycles. The van der Waals surface area contributed by atoms with Gasteiger partial charge in [-0.15, -0.1) is 0 Å². The van der Waals surface area contributed by atoms with Crippen molar-refractivity contribution in [3.8, 4) is 11.5 Å². The van der Waals surface area contributed by atoms with Crippen LogP contribution >= 0.6 is 0 Å². The Labute approximate surface area is 194 Å². The first kappa shape index (κ1) is 24.3. The highest BCUT2D eigenvalue weighted by Gasteiger charge is 2.14. The number of benzene rings is 3. The van der Waals surface area contributed by atoms with Gasteiger partial charge in [0.25, 0.3) is 0 Å². The van der Waals surface area contributed by atoms with E-state index < -0.39 is 10.0 Å². The summed E-state index contributed by atoms with van der Waals surface area (Å²) >= 11 is 0. The molecule has 0 spiro atoms. The lowest BCUT2D eigenvalue weighted by atomic mass is 10.1. The summed E-state index contributed by atoms with van der Waals surface area (Å²) in [4.78, 5) is 12.5. The summed E-state index contributed by atoms with van der Waals surface area (Å²) in [6, 6.07) is 21.4. The minimum absolute atomic E-state index is 0.121. The van der Waals surface area contributed by atoms with E-state index >= 15 is 0 Å². The molecule has 0 bridgehead atoms. The molecule has 0 saturated carbocycles. The monoisotopic (exact) mass is 468 g/mol. The summed E-state index contributed by atoms with van der Waals surface area (Å²) in [7, 11) is -0.471. The summed E-state index contributed by atoms with van der Waals surface area (Å²) in [6.45, 7) is 0.512. The summed E-state index contributed by atoms with van der Waals surface area (Å²) in [6.07, 6.45) is 0.766. The van der Waals surface area contributed by atoms with E-state index in [0.717, 1.165) is 16.7 Å². The van der Waals surface area contributed by atoms with E-state index in [-0.39, 0.29) is 30.3 Å². The molecule has 0 fully saturated rings. The fourth-order valence-corrected chi connectivity index (χ4v) is 4.35. The molecule has 0 aliphatic carbocycles. The Morgan fingerprint density at radius 2 is 1.42 bits per heavy atom. The van der Waals surface area contributed by atoms with Gasteiger partial charge in [-0.3, -0.25) is 4.79 Å². The summed E-state index contributed by atoms with van der Waals surface area (Å²) in [5, 5.41) is 2.88. The molecule has 8 heteroatoms. The van der Waals surface area contributed by atoms with Crippen LogP contribution in [0, 0.1) is 0 Å². The zero-order valence-electron chi connectivity index (χ0n) is 18.7. The minimum Gasteiger partial charge on any atom is -0.496 e. The molecule has 0 unspecified atom stereocenters. The number of sulfonamides is 1. The number of hydrogen-bond donors (Lipinski definition) is 2. The number of methoxy groups -OCH3 is 2. The summed E-state index contributed by atoms with van der Waals surface area (Å²) < 4.78 is 38.3. The van der Waals surface area contributed by atoms with Gasteiger partial charge < -0.3 is 14.8 Å². The first-order valence-electron chi connectivity index (χ1n) is 10.5. The Balaban J connectivity index is 1.51. The van der Waals surface area contributed by atoms with E-state index in [0.29, 0.717) is 17.9 Å². The van der Waals surface area contributed by atoms with Crippen molar-refractivity contribution in [1.82, 2.24) is 10.0 Å². The number of carbonyl (C=O) groups is 1. The third kappa shape index (κ3) is 6.81. The predicted molar refractivity (Wildman–Crippen MR) is 127 cm³/mol. The number of rotatable bonds is 11. The lowest BCUT2D eigenvalue weighted by Crippen LogP contribution is -2.24. The van der Waals surface area contributed by atoms with Crippen molar-refractivity contribution in [2.24, 2.45) is 0 Å². The highest BCUT2D eigenvalue weighted by Crippen LogP contribution is 2.27. The van der Waals surface area contributed by atoms with Crippen LogP contribution in [0.1, 0.15) is 23.1 Å². The molecule has 0 aliphatic heterocycles. The molecule has 2 N–H and O–H groups in total. The van der Waals surface area contributed by atoms with Crippen molar-refractivity contribution in [3.05, 3.63) is 89.5 Å². The lowest BCUT2D eigenvalue weighted by molar-refractivity contribution is -0.121. The molecule has 0 aromatic heterocycles. The first-order valence-corrected chi connectivity index (χ1v) is 12.0. The van der Waals surface area contributed by atoms with Crippen LogP contribution in [-0.2, 0) is 34.3 Å². The number of amides is 1. The second-order valence-corrected chi connectivity index (χ2v) is 9.14. The van der Waals surface area contributed by atoms with Crippen LogP contribution in [0.2, 0.25) is 0 Å². The van der Waals surface area contributed by atoms with Crippen LogP contribution in [-0.4, -0.2) is 28.5 Å². The number of nitrogens with one attached hydrogen (secondary N) is 2. The van der Waals surface area contributed by atoms with Crippen molar-refractivity contribution in [2.45, 2.75) is 30.8 Å². The van der Waals surface area contributed by atoms with Gasteiger partial charge in [0.05, 0.1) is 31.2 Å². The molecule has 3 aromatic rings. The van der Waals surface area contributed by atoms with E-state index in [1.165, 1.54) is 0 Å². The minimum atomic E-state index is -3.61. The summed E-state index contributed by atoms with van der Waals surface area (Å²) in [5.41, 5.74) is 2.53. The molecule has 1 amide bonds. The van der Waals surface area contributed by atoms with Gasteiger partial charge in [-0.2, -0.15) is 0 Å². The molecule has 0 saturated heterocycles. The van der Waals surface area contributed by atoms with Crippen LogP contribution in [0.25, 0.3) is 0 Å². The van der Waals surface area contributed by atoms with Gasteiger partial charge >= 0.3 is 0 Å². The average molecular weight is 469 g/mol. The number of ether oxygens (including phenoxy) is 2. The first-order chi connectivity index (χ1) is 15.9. The van der Waals surface area contributed by atoms with Crippen molar-refractivity contribution in [2.75, 3.05) is 14.2 Å².